The van der Waals surface area contributed by atoms with Crippen LogP contribution in [0.3, 0.4) is 0 Å². The molecule has 2 rings (SSSR count). The quantitative estimate of drug-likeness (QED) is 0.732. The Morgan fingerprint density at radius 2 is 2.21 bits per heavy atom. The maximum atomic E-state index is 12.9. The fourth-order valence-electron chi connectivity index (χ4n) is 1.16. The zero-order chi connectivity index (χ0) is 10.1. The van der Waals surface area contributed by atoms with E-state index in [1.165, 1.54) is 22.2 Å². The second-order valence-electron chi connectivity index (χ2n) is 2.92. The van der Waals surface area contributed by atoms with Gasteiger partial charge in [0.25, 0.3) is 0 Å². The molecule has 0 aliphatic carbocycles. The van der Waals surface area contributed by atoms with Crippen molar-refractivity contribution in [3.8, 4) is 0 Å². The molecule has 14 heavy (non-hydrogen) atoms. The van der Waals surface area contributed by atoms with E-state index < -0.39 is 6.35 Å². The molecule has 0 fully saturated rings. The molecule has 1 aliphatic rings. The number of benzene rings is 1. The normalized spacial score (nSPS) is 20.6. The van der Waals surface area contributed by atoms with Gasteiger partial charge in [0.05, 0.1) is 5.69 Å². The molecule has 1 heterocycles. The molecule has 0 saturated carbocycles. The lowest BCUT2D eigenvalue weighted by Gasteiger charge is -2.19. The van der Waals surface area contributed by atoms with Crippen molar-refractivity contribution in [2.24, 2.45) is 10.4 Å². The molecule has 1 unspecified atom stereocenters. The summed E-state index contributed by atoms with van der Waals surface area (Å²) in [6.07, 6.45) is -0.975. The minimum absolute atomic E-state index is 0.376. The highest BCUT2D eigenvalue weighted by molar-refractivity contribution is 5.45. The predicted octanol–water partition coefficient (Wildman–Crippen LogP) is 1.14. The SMILES string of the molecule is CN1N=NN(c2cccc(F)c2)C1O. The molecule has 6 heteroatoms. The molecule has 0 aromatic heterocycles. The third kappa shape index (κ3) is 1.39. The maximum Gasteiger partial charge on any atom is 0.245 e. The van der Waals surface area contributed by atoms with E-state index in [0.29, 0.717) is 5.69 Å². The second-order valence-corrected chi connectivity index (χ2v) is 2.92. The lowest BCUT2D eigenvalue weighted by atomic mass is 10.3. The first-order valence-corrected chi connectivity index (χ1v) is 4.06. The van der Waals surface area contributed by atoms with Crippen LogP contribution in [0, 0.1) is 5.82 Å². The molecule has 1 atom stereocenters. The minimum Gasteiger partial charge on any atom is -0.354 e. The van der Waals surface area contributed by atoms with E-state index in [9.17, 15) is 9.50 Å². The van der Waals surface area contributed by atoms with Crippen LogP contribution in [-0.2, 0) is 0 Å². The van der Waals surface area contributed by atoms with Gasteiger partial charge in [0.15, 0.2) is 0 Å². The van der Waals surface area contributed by atoms with Crippen molar-refractivity contribution in [2.45, 2.75) is 6.35 Å². The van der Waals surface area contributed by atoms with Crippen molar-refractivity contribution in [1.82, 2.24) is 5.01 Å². The lowest BCUT2D eigenvalue weighted by molar-refractivity contribution is 0.0458. The van der Waals surface area contributed by atoms with Crippen LogP contribution in [0.15, 0.2) is 34.7 Å². The van der Waals surface area contributed by atoms with Gasteiger partial charge in [-0.05, 0) is 28.6 Å². The van der Waals surface area contributed by atoms with Gasteiger partial charge in [-0.25, -0.2) is 9.40 Å². The molecule has 0 bridgehead atoms. The van der Waals surface area contributed by atoms with Gasteiger partial charge in [-0.2, -0.15) is 5.01 Å². The summed E-state index contributed by atoms with van der Waals surface area (Å²) in [5.74, 6) is -0.376. The first kappa shape index (κ1) is 8.89. The van der Waals surface area contributed by atoms with Crippen molar-refractivity contribution < 1.29 is 9.50 Å². The van der Waals surface area contributed by atoms with Crippen LogP contribution in [0.2, 0.25) is 0 Å². The molecule has 0 saturated heterocycles. The number of hydrogen-bond acceptors (Lipinski definition) is 5. The minimum atomic E-state index is -0.975. The van der Waals surface area contributed by atoms with Crippen LogP contribution >= 0.6 is 0 Å². The lowest BCUT2D eigenvalue weighted by Crippen LogP contribution is -2.35. The molecule has 0 amide bonds. The summed E-state index contributed by atoms with van der Waals surface area (Å²) in [5, 5.41) is 19.3. The van der Waals surface area contributed by atoms with E-state index in [1.807, 2.05) is 0 Å². The number of nitrogens with zero attached hydrogens (tertiary/aromatic N) is 4. The van der Waals surface area contributed by atoms with Crippen molar-refractivity contribution in [2.75, 3.05) is 12.1 Å². The van der Waals surface area contributed by atoms with E-state index >= 15 is 0 Å². The largest absolute Gasteiger partial charge is 0.354 e. The molecule has 74 valence electrons. The van der Waals surface area contributed by atoms with Gasteiger partial charge in [-0.15, -0.1) is 0 Å². The summed E-state index contributed by atoms with van der Waals surface area (Å²) in [4.78, 5) is 0. The summed E-state index contributed by atoms with van der Waals surface area (Å²) < 4.78 is 12.9. The Morgan fingerprint density at radius 1 is 1.43 bits per heavy atom. The highest BCUT2D eigenvalue weighted by Crippen LogP contribution is 2.22. The Kier molecular flexibility index (Phi) is 2.05. The second kappa shape index (κ2) is 3.22. The fourth-order valence-corrected chi connectivity index (χ4v) is 1.16. The number of hydrogen-bond donors (Lipinski definition) is 1. The number of aliphatic hydroxyl groups excluding tert-OH is 1. The van der Waals surface area contributed by atoms with Gasteiger partial charge in [0.1, 0.15) is 5.82 Å². The Balaban J connectivity index is 2.28. The molecule has 0 spiro atoms. The smallest absolute Gasteiger partial charge is 0.245 e. The van der Waals surface area contributed by atoms with Gasteiger partial charge in [0.2, 0.25) is 6.35 Å². The van der Waals surface area contributed by atoms with Crippen molar-refractivity contribution >= 4 is 5.69 Å². The topological polar surface area (TPSA) is 51.4 Å². The third-order valence-electron chi connectivity index (χ3n) is 1.90. The van der Waals surface area contributed by atoms with Crippen molar-refractivity contribution in [3.05, 3.63) is 30.1 Å². The number of aliphatic hydroxyl groups is 1. The van der Waals surface area contributed by atoms with Crippen LogP contribution in [0.1, 0.15) is 0 Å². The van der Waals surface area contributed by atoms with Gasteiger partial charge in [-0.1, -0.05) is 6.07 Å². The zero-order valence-electron chi connectivity index (χ0n) is 7.50. The average Bonchev–Trinajstić information content (AvgIpc) is 2.48. The Labute approximate surface area is 80.0 Å². The monoisotopic (exact) mass is 196 g/mol. The van der Waals surface area contributed by atoms with Crippen LogP contribution < -0.4 is 5.01 Å². The zero-order valence-corrected chi connectivity index (χ0v) is 7.50. The van der Waals surface area contributed by atoms with Gasteiger partial charge >= 0.3 is 0 Å². The van der Waals surface area contributed by atoms with Gasteiger partial charge < -0.3 is 5.11 Å². The highest BCUT2D eigenvalue weighted by atomic mass is 19.1. The summed E-state index contributed by atoms with van der Waals surface area (Å²) in [5.41, 5.74) is 0.464. The molecule has 1 aromatic rings. The van der Waals surface area contributed by atoms with Crippen molar-refractivity contribution in [3.63, 3.8) is 0 Å². The van der Waals surface area contributed by atoms with E-state index in [2.05, 4.69) is 10.4 Å². The molecular formula is C8H9FN4O. The molecular weight excluding hydrogens is 187 g/mol. The highest BCUT2D eigenvalue weighted by Gasteiger charge is 2.25. The van der Waals surface area contributed by atoms with E-state index in [0.717, 1.165) is 0 Å². The average molecular weight is 196 g/mol. The molecule has 1 aromatic carbocycles. The van der Waals surface area contributed by atoms with Crippen molar-refractivity contribution in [1.29, 1.82) is 0 Å². The fraction of sp³-hybridized carbons (Fsp3) is 0.250. The predicted molar refractivity (Wildman–Crippen MR) is 47.5 cm³/mol. The molecule has 5 nitrogen and oxygen atoms in total. The van der Waals surface area contributed by atoms with Gasteiger partial charge in [0, 0.05) is 7.05 Å². The van der Waals surface area contributed by atoms with E-state index in [-0.39, 0.29) is 5.82 Å². The summed E-state index contributed by atoms with van der Waals surface area (Å²) in [7, 11) is 1.58. The Bertz CT molecular complexity index is 370. The summed E-state index contributed by atoms with van der Waals surface area (Å²) >= 11 is 0. The van der Waals surface area contributed by atoms with Crippen LogP contribution in [0.25, 0.3) is 0 Å². The van der Waals surface area contributed by atoms with Crippen LogP contribution in [0.5, 0.6) is 0 Å². The summed E-state index contributed by atoms with van der Waals surface area (Å²) in [6, 6.07) is 5.80. The Hall–Kier alpha value is -1.69. The number of anilines is 1. The maximum absolute atomic E-state index is 12.9. The standard InChI is InChI=1S/C8H9FN4O/c1-12-8(14)13(11-10-12)7-4-2-3-6(9)5-7/h2-5,8,14H,1H3. The first-order valence-electron chi connectivity index (χ1n) is 4.06. The Morgan fingerprint density at radius 3 is 2.79 bits per heavy atom. The van der Waals surface area contributed by atoms with E-state index in [1.54, 1.807) is 19.2 Å². The number of rotatable bonds is 1. The third-order valence-corrected chi connectivity index (χ3v) is 1.90. The van der Waals surface area contributed by atoms with E-state index in [4.69, 9.17) is 0 Å². The number of halogens is 1. The summed E-state index contributed by atoms with van der Waals surface area (Å²) in [6.45, 7) is 0. The van der Waals surface area contributed by atoms with Crippen LogP contribution in [-0.4, -0.2) is 23.5 Å². The molecule has 1 aliphatic heterocycles. The van der Waals surface area contributed by atoms with Gasteiger partial charge in [-0.3, -0.25) is 0 Å². The molecule has 0 radical (unpaired) electrons. The first-order chi connectivity index (χ1) is 6.68. The molecule has 1 N–H and O–H groups in total. The van der Waals surface area contributed by atoms with Crippen LogP contribution in [0.4, 0.5) is 10.1 Å².